The molecular weight excluding hydrogens is 194 g/mol. The minimum Gasteiger partial charge on any atom is -0.459 e. The molecule has 0 amide bonds. The molecule has 0 heterocycles. The van der Waals surface area contributed by atoms with E-state index >= 15 is 0 Å². The summed E-state index contributed by atoms with van der Waals surface area (Å²) in [5.74, 6) is -0.404. The van der Waals surface area contributed by atoms with Crippen LogP contribution in [0.5, 0.6) is 0 Å². The maximum absolute atomic E-state index is 11.4. The first-order chi connectivity index (χ1) is 6.87. The topological polar surface area (TPSA) is 61.5 Å². The van der Waals surface area contributed by atoms with Crippen LogP contribution < -0.4 is 5.73 Å². The van der Waals surface area contributed by atoms with Gasteiger partial charge < -0.3 is 15.2 Å². The minimum absolute atomic E-state index is 0.231. The van der Waals surface area contributed by atoms with Gasteiger partial charge in [0.25, 0.3) is 0 Å². The molecule has 0 aliphatic carbocycles. The highest BCUT2D eigenvalue weighted by atomic mass is 16.6. The second kappa shape index (κ2) is 6.80. The fourth-order valence-corrected chi connectivity index (χ4v) is 0.902. The molecular formula is C11H23NO3. The summed E-state index contributed by atoms with van der Waals surface area (Å²) >= 11 is 0. The number of carbonyl (C=O) groups is 1. The molecule has 0 spiro atoms. The number of nitrogens with two attached hydrogens (primary N) is 1. The minimum atomic E-state index is -0.680. The van der Waals surface area contributed by atoms with Gasteiger partial charge in [-0.15, -0.1) is 0 Å². The standard InChI is InChI=1S/C11H23NO3/c1-5-6-7-14-8-9(12)10(13)15-11(2,3)4/h9H,5-8,12H2,1-4H3/t9-/m0/s1. The molecule has 0 fully saturated rings. The third-order valence-electron chi connectivity index (χ3n) is 1.65. The monoisotopic (exact) mass is 217 g/mol. The fourth-order valence-electron chi connectivity index (χ4n) is 0.902. The van der Waals surface area contributed by atoms with Crippen molar-refractivity contribution in [2.24, 2.45) is 5.73 Å². The van der Waals surface area contributed by atoms with Crippen LogP contribution in [0.15, 0.2) is 0 Å². The average Bonchev–Trinajstić information content (AvgIpc) is 2.09. The van der Waals surface area contributed by atoms with E-state index in [1.54, 1.807) is 0 Å². The van der Waals surface area contributed by atoms with E-state index in [0.717, 1.165) is 12.8 Å². The third kappa shape index (κ3) is 8.39. The van der Waals surface area contributed by atoms with Crippen LogP contribution in [0.25, 0.3) is 0 Å². The maximum atomic E-state index is 11.4. The van der Waals surface area contributed by atoms with Gasteiger partial charge in [0, 0.05) is 6.61 Å². The van der Waals surface area contributed by atoms with E-state index in [1.165, 1.54) is 0 Å². The summed E-state index contributed by atoms with van der Waals surface area (Å²) in [4.78, 5) is 11.4. The Bertz CT molecular complexity index is 187. The van der Waals surface area contributed by atoms with E-state index in [4.69, 9.17) is 15.2 Å². The van der Waals surface area contributed by atoms with E-state index in [2.05, 4.69) is 6.92 Å². The van der Waals surface area contributed by atoms with Crippen LogP contribution in [0.2, 0.25) is 0 Å². The van der Waals surface area contributed by atoms with Crippen LogP contribution in [-0.2, 0) is 14.3 Å². The lowest BCUT2D eigenvalue weighted by molar-refractivity contribution is -0.157. The summed E-state index contributed by atoms with van der Waals surface area (Å²) in [6.45, 7) is 8.40. The molecule has 0 radical (unpaired) electrons. The van der Waals surface area contributed by atoms with Crippen molar-refractivity contribution in [3.05, 3.63) is 0 Å². The lowest BCUT2D eigenvalue weighted by atomic mass is 10.2. The number of hydrogen-bond acceptors (Lipinski definition) is 4. The normalized spacial score (nSPS) is 13.7. The largest absolute Gasteiger partial charge is 0.459 e. The molecule has 0 aliphatic heterocycles. The van der Waals surface area contributed by atoms with Crippen molar-refractivity contribution >= 4 is 5.97 Å². The molecule has 1 atom stereocenters. The first kappa shape index (κ1) is 14.4. The van der Waals surface area contributed by atoms with E-state index in [0.29, 0.717) is 6.61 Å². The van der Waals surface area contributed by atoms with Gasteiger partial charge in [-0.2, -0.15) is 0 Å². The molecule has 15 heavy (non-hydrogen) atoms. The molecule has 0 saturated carbocycles. The molecule has 0 rings (SSSR count). The Hall–Kier alpha value is -0.610. The summed E-state index contributed by atoms with van der Waals surface area (Å²) in [6.07, 6.45) is 2.06. The summed E-state index contributed by atoms with van der Waals surface area (Å²) < 4.78 is 10.4. The Morgan fingerprint density at radius 2 is 2.00 bits per heavy atom. The van der Waals surface area contributed by atoms with Crippen LogP contribution in [0, 0.1) is 0 Å². The Balaban J connectivity index is 3.70. The van der Waals surface area contributed by atoms with Crippen molar-refractivity contribution in [3.8, 4) is 0 Å². The van der Waals surface area contributed by atoms with Gasteiger partial charge in [0.2, 0.25) is 0 Å². The molecule has 0 aliphatic rings. The molecule has 0 unspecified atom stereocenters. The van der Waals surface area contributed by atoms with Gasteiger partial charge in [0.1, 0.15) is 11.6 Å². The van der Waals surface area contributed by atoms with Crippen molar-refractivity contribution in [2.75, 3.05) is 13.2 Å². The summed E-state index contributed by atoms with van der Waals surface area (Å²) in [5, 5.41) is 0. The fraction of sp³-hybridized carbons (Fsp3) is 0.909. The molecule has 2 N–H and O–H groups in total. The lowest BCUT2D eigenvalue weighted by Gasteiger charge is -2.22. The molecule has 4 nitrogen and oxygen atoms in total. The number of unbranched alkanes of at least 4 members (excludes halogenated alkanes) is 1. The SMILES string of the molecule is CCCCOC[C@H](N)C(=O)OC(C)(C)C. The zero-order valence-corrected chi connectivity index (χ0v) is 10.2. The van der Waals surface area contributed by atoms with Gasteiger partial charge in [0.05, 0.1) is 6.61 Å². The Morgan fingerprint density at radius 1 is 1.40 bits per heavy atom. The Morgan fingerprint density at radius 3 is 2.47 bits per heavy atom. The van der Waals surface area contributed by atoms with Crippen molar-refractivity contribution < 1.29 is 14.3 Å². The van der Waals surface area contributed by atoms with Crippen molar-refractivity contribution in [2.45, 2.75) is 52.2 Å². The lowest BCUT2D eigenvalue weighted by Crippen LogP contribution is -2.40. The molecule has 0 bridgehead atoms. The van der Waals surface area contributed by atoms with Gasteiger partial charge in [-0.3, -0.25) is 4.79 Å². The summed E-state index contributed by atoms with van der Waals surface area (Å²) in [6, 6.07) is -0.680. The summed E-state index contributed by atoms with van der Waals surface area (Å²) in [5.41, 5.74) is 5.12. The molecule has 0 aromatic carbocycles. The molecule has 90 valence electrons. The second-order valence-electron chi connectivity index (χ2n) is 4.57. The first-order valence-electron chi connectivity index (χ1n) is 5.43. The molecule has 0 aromatic heterocycles. The zero-order valence-electron chi connectivity index (χ0n) is 10.2. The molecule has 0 saturated heterocycles. The third-order valence-corrected chi connectivity index (χ3v) is 1.65. The molecule has 4 heteroatoms. The number of carbonyl (C=O) groups excluding carboxylic acids is 1. The van der Waals surface area contributed by atoms with Gasteiger partial charge >= 0.3 is 5.97 Å². The number of esters is 1. The van der Waals surface area contributed by atoms with Gasteiger partial charge in [-0.05, 0) is 27.2 Å². The number of hydrogen-bond donors (Lipinski definition) is 1. The van der Waals surface area contributed by atoms with Crippen LogP contribution in [0.1, 0.15) is 40.5 Å². The van der Waals surface area contributed by atoms with Crippen LogP contribution in [0.3, 0.4) is 0 Å². The maximum Gasteiger partial charge on any atom is 0.325 e. The number of rotatable bonds is 6. The van der Waals surface area contributed by atoms with Crippen molar-refractivity contribution in [1.82, 2.24) is 0 Å². The van der Waals surface area contributed by atoms with E-state index < -0.39 is 17.6 Å². The smallest absolute Gasteiger partial charge is 0.325 e. The summed E-state index contributed by atoms with van der Waals surface area (Å²) in [7, 11) is 0. The Labute approximate surface area is 92.1 Å². The highest BCUT2D eigenvalue weighted by Crippen LogP contribution is 2.07. The highest BCUT2D eigenvalue weighted by molar-refractivity contribution is 5.76. The van der Waals surface area contributed by atoms with Gasteiger partial charge in [0.15, 0.2) is 0 Å². The van der Waals surface area contributed by atoms with E-state index in [9.17, 15) is 4.79 Å². The van der Waals surface area contributed by atoms with E-state index in [1.807, 2.05) is 20.8 Å². The predicted molar refractivity (Wildman–Crippen MR) is 59.5 cm³/mol. The van der Waals surface area contributed by atoms with Crippen molar-refractivity contribution in [1.29, 1.82) is 0 Å². The van der Waals surface area contributed by atoms with Gasteiger partial charge in [-0.1, -0.05) is 13.3 Å². The zero-order chi connectivity index (χ0) is 11.9. The average molecular weight is 217 g/mol. The van der Waals surface area contributed by atoms with Crippen LogP contribution in [0.4, 0.5) is 0 Å². The molecule has 0 aromatic rings. The quantitative estimate of drug-likeness (QED) is 0.540. The highest BCUT2D eigenvalue weighted by Gasteiger charge is 2.21. The predicted octanol–water partition coefficient (Wildman–Crippen LogP) is 1.47. The van der Waals surface area contributed by atoms with E-state index in [-0.39, 0.29) is 6.61 Å². The van der Waals surface area contributed by atoms with Gasteiger partial charge in [-0.25, -0.2) is 0 Å². The van der Waals surface area contributed by atoms with Crippen LogP contribution in [-0.4, -0.2) is 30.8 Å². The number of ether oxygens (including phenoxy) is 2. The Kier molecular flexibility index (Phi) is 6.52. The van der Waals surface area contributed by atoms with Crippen LogP contribution >= 0.6 is 0 Å². The first-order valence-corrected chi connectivity index (χ1v) is 5.43. The van der Waals surface area contributed by atoms with Crippen molar-refractivity contribution in [3.63, 3.8) is 0 Å². The second-order valence-corrected chi connectivity index (χ2v) is 4.57.